The van der Waals surface area contributed by atoms with Crippen molar-refractivity contribution in [2.45, 2.75) is 20.3 Å². The number of hydrogen-bond acceptors (Lipinski definition) is 2. The van der Waals surface area contributed by atoms with Crippen LogP contribution in [0, 0.1) is 0 Å². The summed E-state index contributed by atoms with van der Waals surface area (Å²) in [5.41, 5.74) is 1.99. The Labute approximate surface area is 113 Å². The Kier molecular flexibility index (Phi) is 5.30. The normalized spacial score (nSPS) is 9.84. The van der Waals surface area contributed by atoms with Crippen LogP contribution in [0.4, 0.5) is 0 Å². The first-order valence-corrected chi connectivity index (χ1v) is 6.13. The maximum atomic E-state index is 11.7. The number of carbonyl (C=O) groups excluding carboxylic acids is 1. The highest BCUT2D eigenvalue weighted by atomic mass is 16.4. The predicted molar refractivity (Wildman–Crippen MR) is 74.2 cm³/mol. The van der Waals surface area contributed by atoms with Gasteiger partial charge in [0.05, 0.1) is 5.56 Å². The van der Waals surface area contributed by atoms with Crippen LogP contribution in [0.3, 0.4) is 0 Å². The molecular weight excluding hydrogens is 242 g/mol. The Morgan fingerprint density at radius 3 is 2.47 bits per heavy atom. The molecule has 4 nitrogen and oxygen atoms in total. The van der Waals surface area contributed by atoms with Crippen LogP contribution >= 0.6 is 0 Å². The largest absolute Gasteiger partial charge is 0.478 e. The van der Waals surface area contributed by atoms with Crippen molar-refractivity contribution in [2.75, 3.05) is 13.6 Å². The zero-order valence-electron chi connectivity index (χ0n) is 11.5. The quantitative estimate of drug-likeness (QED) is 0.828. The molecule has 0 atom stereocenters. The van der Waals surface area contributed by atoms with Crippen molar-refractivity contribution in [1.29, 1.82) is 0 Å². The summed E-state index contributed by atoms with van der Waals surface area (Å²) < 4.78 is 0. The summed E-state index contributed by atoms with van der Waals surface area (Å²) in [4.78, 5) is 24.4. The van der Waals surface area contributed by atoms with Gasteiger partial charge < -0.3 is 10.0 Å². The fourth-order valence-electron chi connectivity index (χ4n) is 1.70. The maximum absolute atomic E-state index is 11.7. The minimum atomic E-state index is -0.936. The van der Waals surface area contributed by atoms with E-state index in [1.54, 1.807) is 42.3 Å². The van der Waals surface area contributed by atoms with E-state index in [1.165, 1.54) is 0 Å². The van der Waals surface area contributed by atoms with Gasteiger partial charge in [-0.05, 0) is 31.9 Å². The summed E-state index contributed by atoms with van der Waals surface area (Å²) in [6, 6.07) is 6.86. The van der Waals surface area contributed by atoms with Crippen LogP contribution in [-0.2, 0) is 11.2 Å². The molecule has 4 heteroatoms. The van der Waals surface area contributed by atoms with E-state index in [0.29, 0.717) is 18.5 Å². The molecule has 0 aliphatic carbocycles. The van der Waals surface area contributed by atoms with Crippen LogP contribution in [0.5, 0.6) is 0 Å². The third-order valence-corrected chi connectivity index (χ3v) is 2.75. The number of hydrogen-bond donors (Lipinski definition) is 1. The number of carboxylic acids is 1. The van der Waals surface area contributed by atoms with Gasteiger partial charge in [0.15, 0.2) is 0 Å². The number of carboxylic acid groups (broad SMARTS) is 1. The van der Waals surface area contributed by atoms with Gasteiger partial charge in [-0.25, -0.2) is 4.79 Å². The van der Waals surface area contributed by atoms with Crippen molar-refractivity contribution >= 4 is 11.9 Å². The lowest BCUT2D eigenvalue weighted by Gasteiger charge is -2.16. The van der Waals surface area contributed by atoms with Crippen molar-refractivity contribution in [2.24, 2.45) is 0 Å². The van der Waals surface area contributed by atoms with E-state index in [-0.39, 0.29) is 5.91 Å². The molecule has 1 aromatic rings. The second-order valence-corrected chi connectivity index (χ2v) is 4.69. The lowest BCUT2D eigenvalue weighted by atomic mass is 10.0. The smallest absolute Gasteiger partial charge is 0.335 e. The molecular formula is C15H19NO3. The Morgan fingerprint density at radius 2 is 1.89 bits per heavy atom. The van der Waals surface area contributed by atoms with Crippen LogP contribution in [0.25, 0.3) is 0 Å². The molecule has 0 saturated carbocycles. The van der Waals surface area contributed by atoms with Gasteiger partial charge >= 0.3 is 5.97 Å². The number of amides is 1. The Hall–Kier alpha value is -2.10. The van der Waals surface area contributed by atoms with Gasteiger partial charge in [-0.2, -0.15) is 0 Å². The lowest BCUT2D eigenvalue weighted by Crippen LogP contribution is -2.27. The van der Waals surface area contributed by atoms with Gasteiger partial charge in [0, 0.05) is 19.7 Å². The van der Waals surface area contributed by atoms with Crippen LogP contribution in [0.2, 0.25) is 0 Å². The number of nitrogens with zero attached hydrogens (tertiary/aromatic N) is 1. The summed E-state index contributed by atoms with van der Waals surface area (Å²) in [6.45, 7) is 4.23. The number of aromatic carboxylic acids is 1. The topological polar surface area (TPSA) is 57.6 Å². The van der Waals surface area contributed by atoms with Crippen molar-refractivity contribution in [3.8, 4) is 0 Å². The van der Waals surface area contributed by atoms with E-state index in [0.717, 1.165) is 11.1 Å². The van der Waals surface area contributed by atoms with Crippen molar-refractivity contribution in [3.05, 3.63) is 47.0 Å². The molecule has 19 heavy (non-hydrogen) atoms. The molecule has 0 heterocycles. The van der Waals surface area contributed by atoms with E-state index < -0.39 is 5.97 Å². The fourth-order valence-corrected chi connectivity index (χ4v) is 1.70. The standard InChI is InChI=1S/C15H19NO3/c1-11(2)10-14(17)16(3)9-8-12-6-4-5-7-13(12)15(18)19/h4-7,10H,8-9H2,1-3H3,(H,18,19). The summed E-state index contributed by atoms with van der Waals surface area (Å²) >= 11 is 0. The molecule has 1 aromatic carbocycles. The monoisotopic (exact) mass is 261 g/mol. The Bertz CT molecular complexity index is 502. The molecule has 0 saturated heterocycles. The first-order chi connectivity index (χ1) is 8.91. The Balaban J connectivity index is 2.70. The van der Waals surface area contributed by atoms with Crippen molar-refractivity contribution < 1.29 is 14.7 Å². The van der Waals surface area contributed by atoms with Crippen LogP contribution < -0.4 is 0 Å². The second-order valence-electron chi connectivity index (χ2n) is 4.69. The Morgan fingerprint density at radius 1 is 1.26 bits per heavy atom. The molecule has 102 valence electrons. The fraction of sp³-hybridized carbons (Fsp3) is 0.333. The summed E-state index contributed by atoms with van der Waals surface area (Å²) in [5.74, 6) is -0.998. The highest BCUT2D eigenvalue weighted by Gasteiger charge is 2.11. The zero-order chi connectivity index (χ0) is 14.4. The van der Waals surface area contributed by atoms with E-state index in [1.807, 2.05) is 13.8 Å². The first kappa shape index (κ1) is 15.0. The molecule has 0 aliphatic heterocycles. The van der Waals surface area contributed by atoms with E-state index in [4.69, 9.17) is 5.11 Å². The highest BCUT2D eigenvalue weighted by Crippen LogP contribution is 2.10. The molecule has 0 spiro atoms. The predicted octanol–water partition coefficient (Wildman–Crippen LogP) is 2.35. The lowest BCUT2D eigenvalue weighted by molar-refractivity contribution is -0.124. The summed E-state index contributed by atoms with van der Waals surface area (Å²) in [7, 11) is 1.71. The number of benzene rings is 1. The number of rotatable bonds is 5. The molecule has 1 N–H and O–H groups in total. The molecule has 0 bridgehead atoms. The third kappa shape index (κ3) is 4.58. The molecule has 1 amide bonds. The average molecular weight is 261 g/mol. The van der Waals surface area contributed by atoms with E-state index in [9.17, 15) is 9.59 Å². The molecule has 0 radical (unpaired) electrons. The third-order valence-electron chi connectivity index (χ3n) is 2.75. The molecule has 0 aromatic heterocycles. The summed E-state index contributed by atoms with van der Waals surface area (Å²) in [5, 5.41) is 9.07. The molecule has 0 aliphatic rings. The molecule has 0 fully saturated rings. The molecule has 1 rings (SSSR count). The van der Waals surface area contributed by atoms with Gasteiger partial charge in [-0.15, -0.1) is 0 Å². The van der Waals surface area contributed by atoms with Crippen LogP contribution in [-0.4, -0.2) is 35.5 Å². The van der Waals surface area contributed by atoms with Gasteiger partial charge in [0.1, 0.15) is 0 Å². The number of likely N-dealkylation sites (N-methyl/N-ethyl adjacent to an activating group) is 1. The van der Waals surface area contributed by atoms with Gasteiger partial charge in [0.2, 0.25) is 5.91 Å². The zero-order valence-corrected chi connectivity index (χ0v) is 11.5. The summed E-state index contributed by atoms with van der Waals surface area (Å²) in [6.07, 6.45) is 2.10. The highest BCUT2D eigenvalue weighted by molar-refractivity contribution is 5.89. The van der Waals surface area contributed by atoms with Gasteiger partial charge in [0.25, 0.3) is 0 Å². The van der Waals surface area contributed by atoms with Crippen LogP contribution in [0.1, 0.15) is 29.8 Å². The van der Waals surface area contributed by atoms with Gasteiger partial charge in [-0.3, -0.25) is 4.79 Å². The van der Waals surface area contributed by atoms with E-state index in [2.05, 4.69) is 0 Å². The average Bonchev–Trinajstić information content (AvgIpc) is 2.35. The SMILES string of the molecule is CC(C)=CC(=O)N(C)CCc1ccccc1C(=O)O. The number of carbonyl (C=O) groups is 2. The maximum Gasteiger partial charge on any atom is 0.335 e. The van der Waals surface area contributed by atoms with Crippen molar-refractivity contribution in [1.82, 2.24) is 4.90 Å². The number of allylic oxidation sites excluding steroid dienone is 1. The minimum absolute atomic E-state index is 0.0622. The van der Waals surface area contributed by atoms with E-state index >= 15 is 0 Å². The second kappa shape index (κ2) is 6.73. The van der Waals surface area contributed by atoms with Gasteiger partial charge in [-0.1, -0.05) is 23.8 Å². The van der Waals surface area contributed by atoms with Crippen LogP contribution in [0.15, 0.2) is 35.9 Å². The minimum Gasteiger partial charge on any atom is -0.478 e. The first-order valence-electron chi connectivity index (χ1n) is 6.13. The molecule has 0 unspecified atom stereocenters. The van der Waals surface area contributed by atoms with Crippen molar-refractivity contribution in [3.63, 3.8) is 0 Å².